The number of halogens is 2. The molecular weight excluding hydrogens is 339 g/mol. The Kier molecular flexibility index (Phi) is 15.0. The monoisotopic (exact) mass is 359 g/mol. The standard InChI is InChI=1S/C17H21O.2ClH.Ti/c1-2-3-13-18-17(14-15-9-7-8-10-15)16-11-5-4-6-12-16;;;/h4-7,9,11-12,17H,2-3,8,13-14H2,1H3;2*1H;/q-1;;;+3/p-2. The molecule has 21 heavy (non-hydrogen) atoms. The Hall–Kier alpha value is -0.0457. The molecule has 2 rings (SSSR count). The summed E-state index contributed by atoms with van der Waals surface area (Å²) in [7, 11) is 0. The first-order valence-corrected chi connectivity index (χ1v) is 6.83. The second-order valence-electron chi connectivity index (χ2n) is 4.64. The van der Waals surface area contributed by atoms with Crippen LogP contribution >= 0.6 is 0 Å². The molecule has 0 amide bonds. The minimum Gasteiger partial charge on any atom is -1.00 e. The van der Waals surface area contributed by atoms with Gasteiger partial charge in [0.05, 0.1) is 6.10 Å². The van der Waals surface area contributed by atoms with Crippen molar-refractivity contribution in [3.05, 3.63) is 59.7 Å². The number of unbranched alkanes of at least 4 members (excludes halogenated alkanes) is 1. The van der Waals surface area contributed by atoms with Crippen molar-refractivity contribution in [2.45, 2.75) is 38.7 Å². The van der Waals surface area contributed by atoms with Crippen molar-refractivity contribution in [2.75, 3.05) is 6.61 Å². The number of hydrogen-bond donors (Lipinski definition) is 0. The smallest absolute Gasteiger partial charge is 1.00 e. The molecule has 1 aliphatic carbocycles. The first-order valence-electron chi connectivity index (χ1n) is 6.83. The summed E-state index contributed by atoms with van der Waals surface area (Å²) in [5, 5.41) is 0. The third kappa shape index (κ3) is 8.23. The first-order chi connectivity index (χ1) is 8.90. The molecule has 1 aliphatic rings. The van der Waals surface area contributed by atoms with Crippen LogP contribution in [-0.2, 0) is 26.5 Å². The Bertz CT molecular complexity index is 418. The maximum Gasteiger partial charge on any atom is 3.00 e. The van der Waals surface area contributed by atoms with E-state index >= 15 is 0 Å². The third-order valence-corrected chi connectivity index (χ3v) is 3.16. The van der Waals surface area contributed by atoms with Crippen molar-refractivity contribution in [1.82, 2.24) is 0 Å². The van der Waals surface area contributed by atoms with Gasteiger partial charge in [-0.05, 0) is 18.4 Å². The summed E-state index contributed by atoms with van der Waals surface area (Å²) in [6.45, 7) is 3.03. The Labute approximate surface area is 155 Å². The van der Waals surface area contributed by atoms with E-state index in [4.69, 9.17) is 4.74 Å². The van der Waals surface area contributed by atoms with E-state index in [1.807, 2.05) is 6.07 Å². The molecule has 0 saturated carbocycles. The fraction of sp³-hybridized carbons (Fsp3) is 0.412. The third-order valence-electron chi connectivity index (χ3n) is 3.16. The van der Waals surface area contributed by atoms with Crippen molar-refractivity contribution >= 4 is 0 Å². The van der Waals surface area contributed by atoms with E-state index in [9.17, 15) is 0 Å². The average Bonchev–Trinajstić information content (AvgIpc) is 2.92. The van der Waals surface area contributed by atoms with Crippen molar-refractivity contribution in [3.8, 4) is 0 Å². The molecule has 1 aromatic rings. The van der Waals surface area contributed by atoms with Gasteiger partial charge in [-0.2, -0.15) is 6.08 Å². The van der Waals surface area contributed by atoms with E-state index < -0.39 is 0 Å². The van der Waals surface area contributed by atoms with Gasteiger partial charge in [-0.1, -0.05) is 43.7 Å². The Morgan fingerprint density at radius 1 is 1.19 bits per heavy atom. The van der Waals surface area contributed by atoms with Crippen LogP contribution in [0.2, 0.25) is 0 Å². The molecule has 0 bridgehead atoms. The van der Waals surface area contributed by atoms with Crippen LogP contribution in [0.15, 0.2) is 48.1 Å². The second-order valence-corrected chi connectivity index (χ2v) is 4.64. The summed E-state index contributed by atoms with van der Waals surface area (Å²) < 4.78 is 6.04. The zero-order valence-corrected chi connectivity index (χ0v) is 15.4. The molecule has 1 nitrogen and oxygen atoms in total. The van der Waals surface area contributed by atoms with Crippen LogP contribution in [0.25, 0.3) is 0 Å². The van der Waals surface area contributed by atoms with Gasteiger partial charge >= 0.3 is 21.7 Å². The van der Waals surface area contributed by atoms with Crippen molar-refractivity contribution in [1.29, 1.82) is 0 Å². The van der Waals surface area contributed by atoms with Crippen LogP contribution in [0.1, 0.15) is 44.3 Å². The number of benzene rings is 1. The van der Waals surface area contributed by atoms with Crippen LogP contribution < -0.4 is 24.8 Å². The summed E-state index contributed by atoms with van der Waals surface area (Å²) in [5.41, 5.74) is 2.54. The van der Waals surface area contributed by atoms with Gasteiger partial charge in [0.15, 0.2) is 0 Å². The summed E-state index contributed by atoms with van der Waals surface area (Å²) in [5.74, 6) is 0. The van der Waals surface area contributed by atoms with Crippen LogP contribution in [0, 0.1) is 6.08 Å². The fourth-order valence-electron chi connectivity index (χ4n) is 2.10. The van der Waals surface area contributed by atoms with E-state index in [-0.39, 0.29) is 52.6 Å². The van der Waals surface area contributed by atoms with Gasteiger partial charge in [-0.15, -0.1) is 6.42 Å². The van der Waals surface area contributed by atoms with Crippen molar-refractivity contribution in [2.24, 2.45) is 0 Å². The van der Waals surface area contributed by atoms with Crippen LogP contribution in [0.3, 0.4) is 0 Å². The van der Waals surface area contributed by atoms with Crippen LogP contribution in [-0.4, -0.2) is 6.61 Å². The molecule has 0 aromatic heterocycles. The fourth-order valence-corrected chi connectivity index (χ4v) is 2.10. The molecule has 0 heterocycles. The van der Waals surface area contributed by atoms with Gasteiger partial charge < -0.3 is 29.6 Å². The van der Waals surface area contributed by atoms with E-state index in [2.05, 4.69) is 49.4 Å². The molecule has 0 aliphatic heterocycles. The van der Waals surface area contributed by atoms with Crippen LogP contribution in [0.5, 0.6) is 0 Å². The predicted octanol–water partition coefficient (Wildman–Crippen LogP) is -1.37. The molecule has 1 aromatic carbocycles. The van der Waals surface area contributed by atoms with Gasteiger partial charge in [-0.3, -0.25) is 6.08 Å². The zero-order valence-electron chi connectivity index (χ0n) is 12.3. The van der Waals surface area contributed by atoms with Gasteiger partial charge in [0.25, 0.3) is 0 Å². The van der Waals surface area contributed by atoms with Crippen molar-refractivity contribution in [3.63, 3.8) is 0 Å². The maximum atomic E-state index is 6.04. The quantitative estimate of drug-likeness (QED) is 0.331. The topological polar surface area (TPSA) is 9.23 Å². The van der Waals surface area contributed by atoms with E-state index in [0.29, 0.717) is 0 Å². The molecular formula is C17H21Cl2OTi. The van der Waals surface area contributed by atoms with Gasteiger partial charge in [-0.25, -0.2) is 11.6 Å². The summed E-state index contributed by atoms with van der Waals surface area (Å²) in [6.07, 6.45) is 12.1. The molecule has 1 atom stereocenters. The predicted molar refractivity (Wildman–Crippen MR) is 75.2 cm³/mol. The summed E-state index contributed by atoms with van der Waals surface area (Å²) in [6, 6.07) is 10.5. The summed E-state index contributed by atoms with van der Waals surface area (Å²) >= 11 is 0. The largest absolute Gasteiger partial charge is 3.00 e. The molecule has 113 valence electrons. The van der Waals surface area contributed by atoms with E-state index in [1.165, 1.54) is 17.6 Å². The molecule has 4 heteroatoms. The Balaban J connectivity index is 0. The molecule has 0 N–H and O–H groups in total. The first kappa shape index (κ1) is 23.2. The maximum absolute atomic E-state index is 6.04. The number of ether oxygens (including phenoxy) is 1. The number of rotatable bonds is 7. The number of hydrogen-bond acceptors (Lipinski definition) is 1. The minimum atomic E-state index is 0. The average molecular weight is 360 g/mol. The number of allylic oxidation sites excluding steroid dienone is 3. The van der Waals surface area contributed by atoms with Gasteiger partial charge in [0.2, 0.25) is 0 Å². The molecule has 1 radical (unpaired) electrons. The summed E-state index contributed by atoms with van der Waals surface area (Å²) in [4.78, 5) is 0. The molecule has 0 fully saturated rings. The zero-order chi connectivity index (χ0) is 12.6. The Morgan fingerprint density at radius 2 is 1.90 bits per heavy atom. The second kappa shape index (κ2) is 13.6. The molecule has 1 unspecified atom stereocenters. The van der Waals surface area contributed by atoms with Gasteiger partial charge in [0, 0.05) is 6.61 Å². The molecule has 0 spiro atoms. The molecule has 0 saturated heterocycles. The SMILES string of the molecule is CCCCOC(CC1=[C-]CC=C1)c1ccccc1.[Cl-].[Cl-].[Ti+3]. The van der Waals surface area contributed by atoms with E-state index in [0.717, 1.165) is 25.9 Å². The normalized spacial score (nSPS) is 13.5. The minimum absolute atomic E-state index is 0. The van der Waals surface area contributed by atoms with Gasteiger partial charge in [0.1, 0.15) is 0 Å². The van der Waals surface area contributed by atoms with Crippen molar-refractivity contribution < 1.29 is 51.3 Å². The van der Waals surface area contributed by atoms with E-state index in [1.54, 1.807) is 0 Å². The Morgan fingerprint density at radius 3 is 2.48 bits per heavy atom. The van der Waals surface area contributed by atoms with Crippen LogP contribution in [0.4, 0.5) is 0 Å².